The van der Waals surface area contributed by atoms with Gasteiger partial charge in [-0.2, -0.15) is 17.5 Å². The fraction of sp³-hybridized carbons (Fsp3) is 0.611. The van der Waals surface area contributed by atoms with Gasteiger partial charge in [0.05, 0.1) is 10.9 Å². The number of rotatable bonds is 4. The summed E-state index contributed by atoms with van der Waals surface area (Å²) in [5.74, 6) is -3.60. The number of amides is 1. The van der Waals surface area contributed by atoms with Gasteiger partial charge in [-0.05, 0) is 43.9 Å². The SMILES string of the molecule is O=C(Nc1ccc(Cl)c(S(=O)(=O)N2CCCC2)c1)C1CCCCC1C(F)(F)F. The van der Waals surface area contributed by atoms with E-state index in [1.165, 1.54) is 22.5 Å². The van der Waals surface area contributed by atoms with Crippen LogP contribution in [0.1, 0.15) is 38.5 Å². The summed E-state index contributed by atoms with van der Waals surface area (Å²) in [4.78, 5) is 12.4. The van der Waals surface area contributed by atoms with Crippen LogP contribution in [0.15, 0.2) is 23.1 Å². The van der Waals surface area contributed by atoms with Crippen LogP contribution in [0.4, 0.5) is 18.9 Å². The van der Waals surface area contributed by atoms with Crippen molar-refractivity contribution in [1.29, 1.82) is 0 Å². The van der Waals surface area contributed by atoms with Crippen molar-refractivity contribution in [2.24, 2.45) is 11.8 Å². The molecule has 28 heavy (non-hydrogen) atoms. The Morgan fingerprint density at radius 3 is 2.39 bits per heavy atom. The molecule has 2 fully saturated rings. The molecule has 1 saturated heterocycles. The highest BCUT2D eigenvalue weighted by Gasteiger charge is 2.48. The zero-order valence-electron chi connectivity index (χ0n) is 15.1. The van der Waals surface area contributed by atoms with Crippen molar-refractivity contribution in [3.8, 4) is 0 Å². The van der Waals surface area contributed by atoms with Gasteiger partial charge in [0.1, 0.15) is 4.90 Å². The summed E-state index contributed by atoms with van der Waals surface area (Å²) in [5, 5.41) is 2.47. The van der Waals surface area contributed by atoms with Crippen LogP contribution < -0.4 is 5.32 Å². The highest BCUT2D eigenvalue weighted by molar-refractivity contribution is 7.89. The van der Waals surface area contributed by atoms with Crippen LogP contribution in [-0.4, -0.2) is 37.9 Å². The average Bonchev–Trinajstić information content (AvgIpc) is 3.18. The second-order valence-electron chi connectivity index (χ2n) is 7.28. The van der Waals surface area contributed by atoms with E-state index in [1.54, 1.807) is 0 Å². The van der Waals surface area contributed by atoms with E-state index in [0.29, 0.717) is 25.9 Å². The predicted octanol–water partition coefficient (Wildman–Crippen LogP) is 4.43. The lowest BCUT2D eigenvalue weighted by Gasteiger charge is -2.32. The van der Waals surface area contributed by atoms with Gasteiger partial charge in [-0.15, -0.1) is 0 Å². The third-order valence-corrected chi connectivity index (χ3v) is 7.78. The first kappa shape index (κ1) is 21.4. The highest BCUT2D eigenvalue weighted by Crippen LogP contribution is 2.42. The standard InChI is InChI=1S/C18H22ClF3N2O3S/c19-15-8-7-12(11-16(15)28(26,27)24-9-3-4-10-24)23-17(25)13-5-1-2-6-14(13)18(20,21)22/h7-8,11,13-14H,1-6,9-10H2,(H,23,25). The van der Waals surface area contributed by atoms with E-state index in [0.717, 1.165) is 12.8 Å². The average molecular weight is 439 g/mol. The third kappa shape index (κ3) is 4.46. The minimum Gasteiger partial charge on any atom is -0.326 e. The summed E-state index contributed by atoms with van der Waals surface area (Å²) in [6, 6.07) is 3.95. The summed E-state index contributed by atoms with van der Waals surface area (Å²) >= 11 is 6.06. The van der Waals surface area contributed by atoms with Gasteiger partial charge in [0.2, 0.25) is 15.9 Å². The van der Waals surface area contributed by atoms with Gasteiger partial charge in [-0.1, -0.05) is 24.4 Å². The molecule has 0 aromatic heterocycles. The molecule has 2 unspecified atom stereocenters. The number of sulfonamides is 1. The molecule has 5 nitrogen and oxygen atoms in total. The van der Waals surface area contributed by atoms with Crippen molar-refractivity contribution in [3.63, 3.8) is 0 Å². The maximum absolute atomic E-state index is 13.3. The molecule has 1 aromatic rings. The first-order valence-corrected chi connectivity index (χ1v) is 11.1. The normalized spacial score (nSPS) is 24.3. The Hall–Kier alpha value is -1.32. The van der Waals surface area contributed by atoms with Crippen LogP contribution in [0.2, 0.25) is 5.02 Å². The summed E-state index contributed by atoms with van der Waals surface area (Å²) in [7, 11) is -3.82. The Morgan fingerprint density at radius 1 is 1.11 bits per heavy atom. The molecule has 0 radical (unpaired) electrons. The van der Waals surface area contributed by atoms with Crippen molar-refractivity contribution >= 4 is 33.2 Å². The quantitative estimate of drug-likeness (QED) is 0.756. The molecule has 10 heteroatoms. The van der Waals surface area contributed by atoms with Gasteiger partial charge < -0.3 is 5.32 Å². The van der Waals surface area contributed by atoms with E-state index in [-0.39, 0.29) is 28.4 Å². The zero-order valence-corrected chi connectivity index (χ0v) is 16.7. The second-order valence-corrected chi connectivity index (χ2v) is 9.60. The van der Waals surface area contributed by atoms with Crippen LogP contribution in [0.25, 0.3) is 0 Å². The number of carbonyl (C=O) groups excluding carboxylic acids is 1. The molecule has 2 aliphatic rings. The number of halogens is 4. The highest BCUT2D eigenvalue weighted by atomic mass is 35.5. The smallest absolute Gasteiger partial charge is 0.326 e. The molecule has 1 N–H and O–H groups in total. The molecule has 1 aliphatic carbocycles. The molecule has 1 saturated carbocycles. The molecule has 1 heterocycles. The molecule has 2 atom stereocenters. The second kappa shape index (κ2) is 8.20. The van der Waals surface area contributed by atoms with E-state index in [2.05, 4.69) is 5.32 Å². The third-order valence-electron chi connectivity index (χ3n) is 5.40. The number of hydrogen-bond donors (Lipinski definition) is 1. The number of alkyl halides is 3. The maximum atomic E-state index is 13.3. The van der Waals surface area contributed by atoms with Crippen LogP contribution in [0.5, 0.6) is 0 Å². The van der Waals surface area contributed by atoms with Crippen molar-refractivity contribution in [2.75, 3.05) is 18.4 Å². The number of nitrogens with one attached hydrogen (secondary N) is 1. The van der Waals surface area contributed by atoms with Gasteiger partial charge in [-0.3, -0.25) is 4.79 Å². The van der Waals surface area contributed by atoms with Gasteiger partial charge in [0.25, 0.3) is 0 Å². The Kier molecular flexibility index (Phi) is 6.26. The molecule has 0 bridgehead atoms. The lowest BCUT2D eigenvalue weighted by atomic mass is 9.78. The molecule has 3 rings (SSSR count). The van der Waals surface area contributed by atoms with Crippen molar-refractivity contribution < 1.29 is 26.4 Å². The van der Waals surface area contributed by atoms with E-state index in [9.17, 15) is 26.4 Å². The molecular formula is C18H22ClF3N2O3S. The summed E-state index contributed by atoms with van der Waals surface area (Å²) in [6.07, 6.45) is -1.85. The number of hydrogen-bond acceptors (Lipinski definition) is 3. The Balaban J connectivity index is 1.82. The van der Waals surface area contributed by atoms with Crippen LogP contribution in [-0.2, 0) is 14.8 Å². The Labute approximate surface area is 167 Å². The van der Waals surface area contributed by atoms with Crippen LogP contribution in [0, 0.1) is 11.8 Å². The minimum atomic E-state index is -4.44. The fourth-order valence-corrected chi connectivity index (χ4v) is 5.94. The number of anilines is 1. The predicted molar refractivity (Wildman–Crippen MR) is 99.6 cm³/mol. The Bertz CT molecular complexity index is 839. The lowest BCUT2D eigenvalue weighted by Crippen LogP contribution is -2.39. The van der Waals surface area contributed by atoms with Gasteiger partial charge in [-0.25, -0.2) is 8.42 Å². The summed E-state index contributed by atoms with van der Waals surface area (Å²) in [5.41, 5.74) is 0.124. The topological polar surface area (TPSA) is 66.5 Å². The number of benzene rings is 1. The van der Waals surface area contributed by atoms with Gasteiger partial charge >= 0.3 is 6.18 Å². The largest absolute Gasteiger partial charge is 0.392 e. The van der Waals surface area contributed by atoms with E-state index in [4.69, 9.17) is 11.6 Å². The lowest BCUT2D eigenvalue weighted by molar-refractivity contribution is -0.197. The van der Waals surface area contributed by atoms with Crippen molar-refractivity contribution in [1.82, 2.24) is 4.31 Å². The number of nitrogens with zero attached hydrogens (tertiary/aromatic N) is 1. The van der Waals surface area contributed by atoms with Gasteiger partial charge in [0, 0.05) is 24.7 Å². The first-order chi connectivity index (χ1) is 13.1. The molecular weight excluding hydrogens is 417 g/mol. The minimum absolute atomic E-state index is 0.00994. The summed E-state index contributed by atoms with van der Waals surface area (Å²) in [6.45, 7) is 0.787. The maximum Gasteiger partial charge on any atom is 0.392 e. The Morgan fingerprint density at radius 2 is 1.75 bits per heavy atom. The van der Waals surface area contributed by atoms with Crippen molar-refractivity contribution in [2.45, 2.75) is 49.6 Å². The van der Waals surface area contributed by atoms with Crippen LogP contribution in [0.3, 0.4) is 0 Å². The zero-order chi connectivity index (χ0) is 20.5. The molecule has 1 aliphatic heterocycles. The van der Waals surface area contributed by atoms with Crippen molar-refractivity contribution in [3.05, 3.63) is 23.2 Å². The first-order valence-electron chi connectivity index (χ1n) is 9.28. The van der Waals surface area contributed by atoms with Crippen LogP contribution >= 0.6 is 11.6 Å². The monoisotopic (exact) mass is 438 g/mol. The molecule has 156 valence electrons. The fourth-order valence-electron chi connectivity index (χ4n) is 3.92. The van der Waals surface area contributed by atoms with E-state index >= 15 is 0 Å². The van der Waals surface area contributed by atoms with E-state index < -0.39 is 33.9 Å². The molecule has 1 amide bonds. The van der Waals surface area contributed by atoms with Gasteiger partial charge in [0.15, 0.2) is 0 Å². The number of carbonyl (C=O) groups is 1. The van der Waals surface area contributed by atoms with E-state index in [1.807, 2.05) is 0 Å². The molecule has 1 aromatic carbocycles. The molecule has 0 spiro atoms. The summed E-state index contributed by atoms with van der Waals surface area (Å²) < 4.78 is 66.6.